The lowest BCUT2D eigenvalue weighted by Gasteiger charge is -2.19. The van der Waals surface area contributed by atoms with Gasteiger partial charge in [-0.3, -0.25) is 0 Å². The van der Waals surface area contributed by atoms with Gasteiger partial charge in [0.2, 0.25) is 0 Å². The molecule has 0 amide bonds. The summed E-state index contributed by atoms with van der Waals surface area (Å²) >= 11 is 1.88. The zero-order valence-corrected chi connectivity index (χ0v) is 11.8. The Morgan fingerprint density at radius 3 is 2.76 bits per heavy atom. The molecule has 96 valence electrons. The van der Waals surface area contributed by atoms with Crippen LogP contribution in [0.3, 0.4) is 0 Å². The van der Waals surface area contributed by atoms with Crippen LogP contribution in [0.1, 0.15) is 48.2 Å². The van der Waals surface area contributed by atoms with Gasteiger partial charge < -0.3 is 10.1 Å². The van der Waals surface area contributed by atoms with Crippen molar-refractivity contribution in [2.45, 2.75) is 52.1 Å². The lowest BCUT2D eigenvalue weighted by atomic mass is 10.0. The Hall–Kier alpha value is -0.450. The first-order valence-electron chi connectivity index (χ1n) is 6.44. The minimum absolute atomic E-state index is 0.531. The number of hydrogen-bond donors (Lipinski definition) is 1. The van der Waals surface area contributed by atoms with Gasteiger partial charge in [0.15, 0.2) is 0 Å². The second-order valence-electron chi connectivity index (χ2n) is 4.98. The summed E-state index contributed by atoms with van der Waals surface area (Å²) in [6, 6.07) is 0.531. The van der Waals surface area contributed by atoms with Crippen LogP contribution in [0.5, 0.6) is 0 Å². The van der Waals surface area contributed by atoms with Gasteiger partial charge in [-0.05, 0) is 19.8 Å². The maximum absolute atomic E-state index is 5.40. The third-order valence-electron chi connectivity index (χ3n) is 3.15. The molecule has 1 fully saturated rings. The quantitative estimate of drug-likeness (QED) is 0.897. The molecule has 2 heterocycles. The second-order valence-corrected chi connectivity index (χ2v) is 6.10. The molecule has 4 heteroatoms. The van der Waals surface area contributed by atoms with Gasteiger partial charge >= 0.3 is 0 Å². The van der Waals surface area contributed by atoms with E-state index in [1.807, 2.05) is 11.3 Å². The van der Waals surface area contributed by atoms with Gasteiger partial charge in [0.1, 0.15) is 0 Å². The summed E-state index contributed by atoms with van der Waals surface area (Å²) in [7, 11) is 0. The summed E-state index contributed by atoms with van der Waals surface area (Å²) in [5, 5.41) is 4.78. The smallest absolute Gasteiger partial charge is 0.0964 e. The van der Waals surface area contributed by atoms with E-state index in [2.05, 4.69) is 26.1 Å². The average Bonchev–Trinajstić information content (AvgIpc) is 2.69. The van der Waals surface area contributed by atoms with Gasteiger partial charge in [-0.15, -0.1) is 11.3 Å². The molecule has 1 N–H and O–H groups in total. The predicted octanol–water partition coefficient (Wildman–Crippen LogP) is 2.84. The van der Waals surface area contributed by atoms with Gasteiger partial charge in [0, 0.05) is 36.6 Å². The fourth-order valence-electron chi connectivity index (χ4n) is 2.03. The van der Waals surface area contributed by atoms with Crippen molar-refractivity contribution in [1.82, 2.24) is 10.3 Å². The Kier molecular flexibility index (Phi) is 4.54. The molecule has 0 bridgehead atoms. The van der Waals surface area contributed by atoms with Crippen LogP contribution in [-0.2, 0) is 11.3 Å². The Bertz CT molecular complexity index is 356. The highest BCUT2D eigenvalue weighted by molar-refractivity contribution is 7.11. The summed E-state index contributed by atoms with van der Waals surface area (Å²) in [5.74, 6) is 0.625. The molecule has 0 atom stereocenters. The average molecular weight is 254 g/mol. The van der Waals surface area contributed by atoms with Crippen LogP contribution >= 0.6 is 11.3 Å². The molecule has 0 spiro atoms. The zero-order valence-electron chi connectivity index (χ0n) is 11.0. The molecule has 3 nitrogen and oxygen atoms in total. The van der Waals surface area contributed by atoms with Gasteiger partial charge in [0.25, 0.3) is 0 Å². The van der Waals surface area contributed by atoms with E-state index in [1.165, 1.54) is 15.6 Å². The number of nitrogens with zero attached hydrogens (tertiary/aromatic N) is 1. The van der Waals surface area contributed by atoms with Crippen molar-refractivity contribution < 1.29 is 4.74 Å². The van der Waals surface area contributed by atoms with Crippen molar-refractivity contribution in [3.05, 3.63) is 15.6 Å². The number of aromatic nitrogens is 1. The van der Waals surface area contributed by atoms with Gasteiger partial charge in [-0.25, -0.2) is 4.98 Å². The van der Waals surface area contributed by atoms with Crippen LogP contribution in [-0.4, -0.2) is 24.2 Å². The lowest BCUT2D eigenvalue weighted by Crippen LogP contribution is -2.21. The summed E-state index contributed by atoms with van der Waals surface area (Å²) in [4.78, 5) is 6.12. The number of hydrogen-bond acceptors (Lipinski definition) is 4. The van der Waals surface area contributed by atoms with Gasteiger partial charge in [0.05, 0.1) is 10.7 Å². The van der Waals surface area contributed by atoms with Crippen molar-refractivity contribution >= 4 is 11.3 Å². The molecule has 0 saturated carbocycles. The van der Waals surface area contributed by atoms with Crippen LogP contribution in [0.4, 0.5) is 0 Å². The molecule has 1 aliphatic heterocycles. The largest absolute Gasteiger partial charge is 0.381 e. The fourth-order valence-corrected chi connectivity index (χ4v) is 3.22. The van der Waals surface area contributed by atoms with Crippen LogP contribution in [0.15, 0.2) is 0 Å². The summed E-state index contributed by atoms with van der Waals surface area (Å²) in [6.07, 6.45) is 2.26. The van der Waals surface area contributed by atoms with Crippen LogP contribution < -0.4 is 5.32 Å². The van der Waals surface area contributed by atoms with E-state index in [1.54, 1.807) is 0 Å². The molecule has 1 aliphatic rings. The fraction of sp³-hybridized carbons (Fsp3) is 0.769. The third-order valence-corrected chi connectivity index (χ3v) is 4.47. The minimum Gasteiger partial charge on any atom is -0.381 e. The Morgan fingerprint density at radius 2 is 2.12 bits per heavy atom. The number of nitrogens with one attached hydrogen (secondary N) is 1. The molecule has 0 unspecified atom stereocenters. The van der Waals surface area contributed by atoms with E-state index < -0.39 is 0 Å². The second kappa shape index (κ2) is 5.94. The van der Waals surface area contributed by atoms with Crippen molar-refractivity contribution in [3.8, 4) is 0 Å². The third kappa shape index (κ3) is 3.50. The molecule has 0 aromatic carbocycles. The minimum atomic E-state index is 0.531. The highest BCUT2D eigenvalue weighted by atomic mass is 32.1. The summed E-state index contributed by atoms with van der Waals surface area (Å²) < 4.78 is 5.40. The van der Waals surface area contributed by atoms with Crippen molar-refractivity contribution in [3.63, 3.8) is 0 Å². The maximum Gasteiger partial charge on any atom is 0.0964 e. The number of ether oxygens (including phenoxy) is 1. The van der Waals surface area contributed by atoms with E-state index in [0.717, 1.165) is 32.6 Å². The Labute approximate surface area is 108 Å². The zero-order chi connectivity index (χ0) is 12.3. The van der Waals surface area contributed by atoms with Crippen molar-refractivity contribution in [2.75, 3.05) is 13.2 Å². The van der Waals surface area contributed by atoms with Crippen molar-refractivity contribution in [2.24, 2.45) is 0 Å². The Morgan fingerprint density at radius 1 is 1.41 bits per heavy atom. The Balaban J connectivity index is 2.01. The predicted molar refractivity (Wildman–Crippen MR) is 71.6 cm³/mol. The standard InChI is InChI=1S/C13H22N2OS/c1-9(2)14-8-12-10(3)15-13(17-12)11-4-6-16-7-5-11/h9,11,14H,4-8H2,1-3H3. The normalized spacial score (nSPS) is 17.9. The molecule has 1 aromatic rings. The molecule has 2 rings (SSSR count). The van der Waals surface area contributed by atoms with Crippen molar-refractivity contribution in [1.29, 1.82) is 0 Å². The van der Waals surface area contributed by atoms with Crippen LogP contribution in [0, 0.1) is 6.92 Å². The highest BCUT2D eigenvalue weighted by Gasteiger charge is 2.20. The molecule has 0 radical (unpaired) electrons. The summed E-state index contributed by atoms with van der Waals surface area (Å²) in [6.45, 7) is 9.21. The first-order valence-corrected chi connectivity index (χ1v) is 7.25. The van der Waals surface area contributed by atoms with E-state index in [0.29, 0.717) is 12.0 Å². The first kappa shape index (κ1) is 13.0. The number of rotatable bonds is 4. The molecule has 1 aromatic heterocycles. The van der Waals surface area contributed by atoms with E-state index >= 15 is 0 Å². The maximum atomic E-state index is 5.40. The van der Waals surface area contributed by atoms with E-state index in [4.69, 9.17) is 9.72 Å². The monoisotopic (exact) mass is 254 g/mol. The van der Waals surface area contributed by atoms with Gasteiger partial charge in [-0.1, -0.05) is 13.8 Å². The molecule has 1 saturated heterocycles. The first-order chi connectivity index (χ1) is 8.16. The topological polar surface area (TPSA) is 34.1 Å². The molecule has 17 heavy (non-hydrogen) atoms. The molecular weight excluding hydrogens is 232 g/mol. The van der Waals surface area contributed by atoms with Gasteiger partial charge in [-0.2, -0.15) is 0 Å². The van der Waals surface area contributed by atoms with Crippen LogP contribution in [0.2, 0.25) is 0 Å². The molecule has 0 aliphatic carbocycles. The SMILES string of the molecule is Cc1nc(C2CCOCC2)sc1CNC(C)C. The summed E-state index contributed by atoms with van der Waals surface area (Å²) in [5.41, 5.74) is 1.20. The van der Waals surface area contributed by atoms with E-state index in [9.17, 15) is 0 Å². The number of aryl methyl sites for hydroxylation is 1. The highest BCUT2D eigenvalue weighted by Crippen LogP contribution is 2.31. The van der Waals surface area contributed by atoms with E-state index in [-0.39, 0.29) is 0 Å². The van der Waals surface area contributed by atoms with Crippen LogP contribution in [0.25, 0.3) is 0 Å². The number of thiazole rings is 1. The molecular formula is C13H22N2OS. The lowest BCUT2D eigenvalue weighted by molar-refractivity contribution is 0.0852.